The maximum atomic E-state index is 2.51. The summed E-state index contributed by atoms with van der Waals surface area (Å²) in [7, 11) is -2.07. The van der Waals surface area contributed by atoms with Gasteiger partial charge in [0.05, 0.1) is 0 Å². The molecule has 0 N–H and O–H groups in total. The van der Waals surface area contributed by atoms with Gasteiger partial charge in [-0.3, -0.25) is 0 Å². The van der Waals surface area contributed by atoms with Crippen molar-refractivity contribution in [2.45, 2.75) is 52.4 Å². The van der Waals surface area contributed by atoms with Crippen molar-refractivity contribution in [3.63, 3.8) is 0 Å². The Hall–Kier alpha value is 2.29. The van der Waals surface area contributed by atoms with Crippen molar-refractivity contribution in [2.24, 2.45) is 0 Å². The quantitative estimate of drug-likeness (QED) is 0.512. The fourth-order valence-electron chi connectivity index (χ4n) is 2.62. The Morgan fingerprint density at radius 1 is 0.769 bits per heavy atom. The molecule has 0 nitrogen and oxygen atoms in total. The number of hydrogen-bond acceptors (Lipinski definition) is 0. The smallest absolute Gasteiger partial charge is 0.315 e. The van der Waals surface area contributed by atoms with E-state index in [4.69, 9.17) is 0 Å². The normalized spacial score (nSPS) is 13.4. The van der Waals surface area contributed by atoms with Crippen molar-refractivity contribution in [1.29, 1.82) is 0 Å². The van der Waals surface area contributed by atoms with Gasteiger partial charge in [0.25, 0.3) is 0 Å². The van der Waals surface area contributed by atoms with Crippen LogP contribution in [0.5, 0.6) is 0 Å². The molecular formula is C9H24KSi3. The Labute approximate surface area is 131 Å². The first kappa shape index (κ1) is 17.7. The van der Waals surface area contributed by atoms with Crippen LogP contribution in [0.15, 0.2) is 0 Å². The Morgan fingerprint density at radius 3 is 1.00 bits per heavy atom. The van der Waals surface area contributed by atoms with Gasteiger partial charge in [-0.05, 0) is 0 Å². The molecule has 0 saturated carbocycles. The summed E-state index contributed by atoms with van der Waals surface area (Å²) in [6.45, 7) is 20.0. The van der Waals surface area contributed by atoms with Crippen LogP contribution < -0.4 is 51.4 Å². The molecule has 0 fully saturated rings. The van der Waals surface area contributed by atoms with E-state index in [2.05, 4.69) is 52.4 Å². The third-order valence-corrected chi connectivity index (χ3v) is 18.0. The SMILES string of the molecule is C[Si](C)[C-]([Si](C)(C)C)[Si](C)(C)C.[K+]. The largest absolute Gasteiger partial charge is 1.00 e. The molecule has 0 aromatic heterocycles. The Morgan fingerprint density at radius 2 is 1.00 bits per heavy atom. The second-order valence-corrected chi connectivity index (χ2v) is 19.9. The monoisotopic (exact) mass is 255 g/mol. The van der Waals surface area contributed by atoms with Crippen LogP contribution >= 0.6 is 0 Å². The van der Waals surface area contributed by atoms with Crippen molar-refractivity contribution in [2.75, 3.05) is 0 Å². The van der Waals surface area contributed by atoms with Crippen LogP contribution in [0, 0.1) is 4.79 Å². The van der Waals surface area contributed by atoms with Crippen LogP contribution in [0.25, 0.3) is 0 Å². The Balaban J connectivity index is 0. The van der Waals surface area contributed by atoms with Gasteiger partial charge in [-0.2, -0.15) is 0 Å². The third-order valence-electron chi connectivity index (χ3n) is 2.00. The molecule has 0 aliphatic heterocycles. The molecule has 0 aromatic carbocycles. The van der Waals surface area contributed by atoms with Gasteiger partial charge in [0.2, 0.25) is 0 Å². The second kappa shape index (κ2) is 6.13. The molecule has 4 heteroatoms. The van der Waals surface area contributed by atoms with Crippen molar-refractivity contribution in [3.05, 3.63) is 4.79 Å². The minimum absolute atomic E-state index is 0. The average Bonchev–Trinajstić information content (AvgIpc) is 1.49. The molecule has 0 aliphatic carbocycles. The van der Waals surface area contributed by atoms with Crippen LogP contribution in [0.3, 0.4) is 0 Å². The Bertz CT molecular complexity index is 130. The predicted molar refractivity (Wildman–Crippen MR) is 67.4 cm³/mol. The van der Waals surface area contributed by atoms with E-state index < -0.39 is 16.1 Å². The molecule has 0 bridgehead atoms. The van der Waals surface area contributed by atoms with Crippen molar-refractivity contribution >= 4 is 24.9 Å². The van der Waals surface area contributed by atoms with Crippen LogP contribution in [0.2, 0.25) is 52.4 Å². The summed E-state index contributed by atoms with van der Waals surface area (Å²) in [5.41, 5.74) is 0. The molecule has 0 heterocycles. The van der Waals surface area contributed by atoms with Gasteiger partial charge in [-0.15, -0.1) is 24.9 Å². The van der Waals surface area contributed by atoms with E-state index in [-0.39, 0.29) is 60.2 Å². The molecule has 0 aromatic rings. The summed E-state index contributed by atoms with van der Waals surface area (Å²) >= 11 is 0. The minimum atomic E-state index is -0.961. The molecule has 0 amide bonds. The van der Waals surface area contributed by atoms with Gasteiger partial charge in [-0.1, -0.05) is 52.4 Å². The van der Waals surface area contributed by atoms with Gasteiger partial charge in [0.1, 0.15) is 0 Å². The molecule has 0 unspecified atom stereocenters. The van der Waals surface area contributed by atoms with Gasteiger partial charge >= 0.3 is 51.4 Å². The third kappa shape index (κ3) is 6.45. The van der Waals surface area contributed by atoms with Crippen LogP contribution in [0.1, 0.15) is 0 Å². The molecule has 1 radical (unpaired) electrons. The van der Waals surface area contributed by atoms with Gasteiger partial charge in [-0.25, -0.2) is 0 Å². The van der Waals surface area contributed by atoms with E-state index >= 15 is 0 Å². The molecular weight excluding hydrogens is 231 g/mol. The number of rotatable bonds is 3. The fourth-order valence-corrected chi connectivity index (χ4v) is 23.6. The van der Waals surface area contributed by atoms with Gasteiger partial charge in [0.15, 0.2) is 0 Å². The number of hydrogen-bond donors (Lipinski definition) is 0. The zero-order chi connectivity index (χ0) is 10.2. The van der Waals surface area contributed by atoms with Crippen molar-refractivity contribution in [1.82, 2.24) is 0 Å². The summed E-state index contributed by atoms with van der Waals surface area (Å²) in [6, 6.07) is 0. The zero-order valence-corrected chi connectivity index (χ0v) is 17.1. The summed E-state index contributed by atoms with van der Waals surface area (Å²) in [5.74, 6) is 0. The van der Waals surface area contributed by atoms with E-state index in [0.29, 0.717) is 0 Å². The van der Waals surface area contributed by atoms with Crippen molar-refractivity contribution in [3.8, 4) is 0 Å². The summed E-state index contributed by atoms with van der Waals surface area (Å²) < 4.78 is 0. The molecule has 0 rings (SSSR count). The van der Waals surface area contributed by atoms with Crippen LogP contribution in [-0.4, -0.2) is 24.9 Å². The maximum absolute atomic E-state index is 2.51. The predicted octanol–water partition coefficient (Wildman–Crippen LogP) is 0.613. The first-order valence-electron chi connectivity index (χ1n) is 4.75. The molecule has 0 atom stereocenters. The van der Waals surface area contributed by atoms with E-state index in [1.165, 1.54) is 0 Å². The molecule has 73 valence electrons. The molecule has 0 spiro atoms. The maximum Gasteiger partial charge on any atom is 1.00 e. The van der Waals surface area contributed by atoms with E-state index in [1.54, 1.807) is 0 Å². The first-order chi connectivity index (χ1) is 5.07. The van der Waals surface area contributed by atoms with E-state index in [9.17, 15) is 0 Å². The van der Waals surface area contributed by atoms with Crippen molar-refractivity contribution < 1.29 is 51.4 Å². The summed E-state index contributed by atoms with van der Waals surface area (Å²) in [5, 5.41) is 0. The topological polar surface area (TPSA) is 0 Å². The summed E-state index contributed by atoms with van der Waals surface area (Å²) in [6.07, 6.45) is 0. The van der Waals surface area contributed by atoms with Crippen LogP contribution in [0.4, 0.5) is 0 Å². The second-order valence-electron chi connectivity index (χ2n) is 5.88. The minimum Gasteiger partial charge on any atom is -0.315 e. The molecule has 13 heavy (non-hydrogen) atoms. The van der Waals surface area contributed by atoms with E-state index in [1.807, 2.05) is 4.79 Å². The molecule has 0 aliphatic rings. The van der Waals surface area contributed by atoms with Gasteiger partial charge in [0, 0.05) is 0 Å². The zero-order valence-electron chi connectivity index (χ0n) is 11.0. The summed E-state index contributed by atoms with van der Waals surface area (Å²) in [4.78, 5) is 2.04. The standard InChI is InChI=1S/C9H24Si3.K/c1-10(2)9(11(3,4)5)12(6,7)8;/h1-8H3;/q-1;+1. The first-order valence-corrected chi connectivity index (χ1v) is 14.2. The van der Waals surface area contributed by atoms with E-state index in [0.717, 1.165) is 0 Å². The Kier molecular flexibility index (Phi) is 8.33. The van der Waals surface area contributed by atoms with Gasteiger partial charge < -0.3 is 4.79 Å². The molecule has 0 saturated heterocycles. The van der Waals surface area contributed by atoms with Crippen LogP contribution in [-0.2, 0) is 0 Å². The fraction of sp³-hybridized carbons (Fsp3) is 0.889. The average molecular weight is 256 g/mol.